The van der Waals surface area contributed by atoms with Gasteiger partial charge >= 0.3 is 5.69 Å². The van der Waals surface area contributed by atoms with Gasteiger partial charge in [-0.3, -0.25) is 10.1 Å². The Kier molecular flexibility index (Phi) is 4.95. The Morgan fingerprint density at radius 2 is 2.20 bits per heavy atom. The highest BCUT2D eigenvalue weighted by atomic mass is 16.6. The third kappa shape index (κ3) is 4.49. The molecule has 0 aliphatic heterocycles. The van der Waals surface area contributed by atoms with E-state index in [0.29, 0.717) is 30.7 Å². The lowest BCUT2D eigenvalue weighted by molar-refractivity contribution is -0.385. The van der Waals surface area contributed by atoms with Crippen molar-refractivity contribution in [2.45, 2.75) is 33.2 Å². The molecule has 0 unspecified atom stereocenters. The second-order valence-electron chi connectivity index (χ2n) is 5.84. The number of hydrogen-bond acceptors (Lipinski definition) is 4. The first kappa shape index (κ1) is 14.8. The predicted octanol–water partition coefficient (Wildman–Crippen LogP) is 3.13. The zero-order valence-corrected chi connectivity index (χ0v) is 12.1. The Bertz CT molecular complexity index is 470. The van der Waals surface area contributed by atoms with E-state index in [1.807, 2.05) is 0 Å². The Morgan fingerprint density at radius 3 is 2.80 bits per heavy atom. The van der Waals surface area contributed by atoms with Gasteiger partial charge in [-0.1, -0.05) is 19.9 Å². The van der Waals surface area contributed by atoms with Gasteiger partial charge in [-0.15, -0.1) is 0 Å². The number of benzene rings is 1. The number of nitrogens with one attached hydrogen (secondary N) is 1. The highest BCUT2D eigenvalue weighted by Crippen LogP contribution is 2.33. The van der Waals surface area contributed by atoms with Crippen LogP contribution in [-0.4, -0.2) is 18.1 Å². The van der Waals surface area contributed by atoms with Crippen molar-refractivity contribution in [1.82, 2.24) is 5.32 Å². The first-order valence-electron chi connectivity index (χ1n) is 7.17. The summed E-state index contributed by atoms with van der Waals surface area (Å²) in [5.74, 6) is 1.56. The van der Waals surface area contributed by atoms with Crippen LogP contribution in [0.2, 0.25) is 0 Å². The van der Waals surface area contributed by atoms with Gasteiger partial charge in [0.1, 0.15) is 0 Å². The summed E-state index contributed by atoms with van der Waals surface area (Å²) in [5, 5.41) is 14.3. The van der Waals surface area contributed by atoms with Crippen LogP contribution in [0.1, 0.15) is 32.3 Å². The molecule has 0 amide bonds. The quantitative estimate of drug-likeness (QED) is 0.586. The summed E-state index contributed by atoms with van der Waals surface area (Å²) in [5.41, 5.74) is 1.07. The minimum atomic E-state index is -0.381. The van der Waals surface area contributed by atoms with Gasteiger partial charge in [-0.05, 0) is 42.9 Å². The van der Waals surface area contributed by atoms with Gasteiger partial charge in [-0.2, -0.15) is 0 Å². The lowest BCUT2D eigenvalue weighted by atomic mass is 10.1. The molecule has 1 aromatic carbocycles. The van der Waals surface area contributed by atoms with E-state index in [1.54, 1.807) is 12.1 Å². The molecular formula is C15H22N2O3. The molecule has 1 aliphatic carbocycles. The second kappa shape index (κ2) is 6.70. The Balaban J connectivity index is 2.01. The van der Waals surface area contributed by atoms with E-state index < -0.39 is 0 Å². The smallest absolute Gasteiger partial charge is 0.310 e. The van der Waals surface area contributed by atoms with Crippen LogP contribution in [-0.2, 0) is 6.54 Å². The van der Waals surface area contributed by atoms with Crippen LogP contribution in [0.5, 0.6) is 5.75 Å². The van der Waals surface area contributed by atoms with E-state index in [2.05, 4.69) is 19.2 Å². The first-order chi connectivity index (χ1) is 9.56. The summed E-state index contributed by atoms with van der Waals surface area (Å²) < 4.78 is 5.62. The standard InChI is InChI=1S/C15H22N2O3/c1-11(2)8-16-9-13-5-6-14(17(18)19)15(7-13)20-10-12-3-4-12/h5-7,11-12,16H,3-4,8-10H2,1-2H3. The average Bonchev–Trinajstić information content (AvgIpc) is 3.19. The van der Waals surface area contributed by atoms with E-state index in [-0.39, 0.29) is 10.6 Å². The highest BCUT2D eigenvalue weighted by molar-refractivity contribution is 5.48. The number of nitro groups is 1. The zero-order valence-electron chi connectivity index (χ0n) is 12.1. The molecule has 1 aliphatic rings. The topological polar surface area (TPSA) is 64.4 Å². The van der Waals surface area contributed by atoms with Gasteiger partial charge in [0, 0.05) is 12.6 Å². The molecule has 110 valence electrons. The minimum absolute atomic E-state index is 0.0539. The van der Waals surface area contributed by atoms with Crippen LogP contribution >= 0.6 is 0 Å². The summed E-state index contributed by atoms with van der Waals surface area (Å²) in [6, 6.07) is 5.11. The highest BCUT2D eigenvalue weighted by Gasteiger charge is 2.24. The molecule has 1 aromatic rings. The molecule has 0 spiro atoms. The molecule has 0 heterocycles. The number of nitrogens with zero attached hydrogens (tertiary/aromatic N) is 1. The number of nitro benzene ring substituents is 1. The summed E-state index contributed by atoms with van der Waals surface area (Å²) in [4.78, 5) is 10.6. The molecule has 0 atom stereocenters. The number of rotatable bonds is 8. The Hall–Kier alpha value is -1.62. The molecule has 1 saturated carbocycles. The summed E-state index contributed by atoms with van der Waals surface area (Å²) in [6.07, 6.45) is 2.34. The van der Waals surface area contributed by atoms with Crippen molar-refractivity contribution in [3.05, 3.63) is 33.9 Å². The minimum Gasteiger partial charge on any atom is -0.487 e. The number of ether oxygens (including phenoxy) is 1. The lowest BCUT2D eigenvalue weighted by Gasteiger charge is -2.10. The molecule has 0 bridgehead atoms. The second-order valence-corrected chi connectivity index (χ2v) is 5.84. The van der Waals surface area contributed by atoms with Crippen LogP contribution in [0, 0.1) is 22.0 Å². The van der Waals surface area contributed by atoms with Crippen LogP contribution in [0.4, 0.5) is 5.69 Å². The van der Waals surface area contributed by atoms with Crippen LogP contribution in [0.3, 0.4) is 0 Å². The normalized spacial score (nSPS) is 14.6. The van der Waals surface area contributed by atoms with Crippen LogP contribution in [0.25, 0.3) is 0 Å². The summed E-state index contributed by atoms with van der Waals surface area (Å²) in [6.45, 7) is 6.51. The SMILES string of the molecule is CC(C)CNCc1ccc([N+](=O)[O-])c(OCC2CC2)c1. The van der Waals surface area contributed by atoms with Crippen molar-refractivity contribution in [2.24, 2.45) is 11.8 Å². The fourth-order valence-electron chi connectivity index (χ4n) is 1.93. The molecule has 0 radical (unpaired) electrons. The molecule has 2 rings (SSSR count). The molecule has 1 fully saturated rings. The molecule has 5 heteroatoms. The Morgan fingerprint density at radius 1 is 1.45 bits per heavy atom. The van der Waals surface area contributed by atoms with Crippen molar-refractivity contribution in [2.75, 3.05) is 13.2 Å². The van der Waals surface area contributed by atoms with E-state index >= 15 is 0 Å². The third-order valence-corrected chi connectivity index (χ3v) is 3.27. The van der Waals surface area contributed by atoms with E-state index in [4.69, 9.17) is 4.74 Å². The molecule has 20 heavy (non-hydrogen) atoms. The van der Waals surface area contributed by atoms with Crippen molar-refractivity contribution in [1.29, 1.82) is 0 Å². The summed E-state index contributed by atoms with van der Waals surface area (Å²) in [7, 11) is 0. The largest absolute Gasteiger partial charge is 0.487 e. The molecular weight excluding hydrogens is 256 g/mol. The fraction of sp³-hybridized carbons (Fsp3) is 0.600. The van der Waals surface area contributed by atoms with Gasteiger partial charge in [-0.25, -0.2) is 0 Å². The average molecular weight is 278 g/mol. The molecule has 0 aromatic heterocycles. The van der Waals surface area contributed by atoms with Gasteiger partial charge in [0.15, 0.2) is 5.75 Å². The molecule has 1 N–H and O–H groups in total. The van der Waals surface area contributed by atoms with Crippen molar-refractivity contribution in [3.63, 3.8) is 0 Å². The van der Waals surface area contributed by atoms with E-state index in [1.165, 1.54) is 18.9 Å². The Labute approximate surface area is 119 Å². The number of hydrogen-bond donors (Lipinski definition) is 1. The molecule has 5 nitrogen and oxygen atoms in total. The zero-order chi connectivity index (χ0) is 14.5. The summed E-state index contributed by atoms with van der Waals surface area (Å²) >= 11 is 0. The van der Waals surface area contributed by atoms with Gasteiger partial charge in [0.25, 0.3) is 0 Å². The first-order valence-corrected chi connectivity index (χ1v) is 7.17. The van der Waals surface area contributed by atoms with Gasteiger partial charge in [0.2, 0.25) is 0 Å². The van der Waals surface area contributed by atoms with E-state index in [0.717, 1.165) is 12.1 Å². The van der Waals surface area contributed by atoms with Crippen LogP contribution in [0.15, 0.2) is 18.2 Å². The monoisotopic (exact) mass is 278 g/mol. The maximum atomic E-state index is 11.0. The van der Waals surface area contributed by atoms with Gasteiger partial charge < -0.3 is 10.1 Å². The van der Waals surface area contributed by atoms with Crippen molar-refractivity contribution < 1.29 is 9.66 Å². The molecule has 0 saturated heterocycles. The lowest BCUT2D eigenvalue weighted by Crippen LogP contribution is -2.19. The fourth-order valence-corrected chi connectivity index (χ4v) is 1.93. The predicted molar refractivity (Wildman–Crippen MR) is 77.9 cm³/mol. The van der Waals surface area contributed by atoms with Crippen molar-refractivity contribution in [3.8, 4) is 5.75 Å². The maximum absolute atomic E-state index is 11.0. The van der Waals surface area contributed by atoms with Crippen molar-refractivity contribution >= 4 is 5.69 Å². The van der Waals surface area contributed by atoms with Crippen LogP contribution < -0.4 is 10.1 Å². The third-order valence-electron chi connectivity index (χ3n) is 3.27. The van der Waals surface area contributed by atoms with E-state index in [9.17, 15) is 10.1 Å². The van der Waals surface area contributed by atoms with Gasteiger partial charge in [0.05, 0.1) is 11.5 Å². The maximum Gasteiger partial charge on any atom is 0.310 e.